The Morgan fingerprint density at radius 2 is 1.35 bits per heavy atom. The van der Waals surface area contributed by atoms with Gasteiger partial charge in [-0.3, -0.25) is 9.59 Å². The highest BCUT2D eigenvalue weighted by Gasteiger charge is 2.55. The van der Waals surface area contributed by atoms with Crippen molar-refractivity contribution >= 4 is 23.5 Å². The first kappa shape index (κ1) is 19.0. The van der Waals surface area contributed by atoms with Crippen molar-refractivity contribution < 1.29 is 34.1 Å². The quantitative estimate of drug-likeness (QED) is 0.690. The van der Waals surface area contributed by atoms with Crippen molar-refractivity contribution in [1.29, 1.82) is 0 Å². The zero-order valence-electron chi connectivity index (χ0n) is 13.8. The van der Waals surface area contributed by atoms with Gasteiger partial charge in [0.05, 0.1) is 5.92 Å². The summed E-state index contributed by atoms with van der Waals surface area (Å²) in [7, 11) is 1.07. The zero-order chi connectivity index (χ0) is 19.3. The summed E-state index contributed by atoms with van der Waals surface area (Å²) in [5.74, 6) is -8.10. The minimum absolute atomic E-state index is 0.0679. The zero-order valence-corrected chi connectivity index (χ0v) is 13.8. The Hall–Kier alpha value is -3.32. The van der Waals surface area contributed by atoms with Crippen molar-refractivity contribution in [2.24, 2.45) is 0 Å². The number of hydrogen-bond acceptors (Lipinski definition) is 5. The molecule has 0 aromatic heterocycles. The van der Waals surface area contributed by atoms with E-state index in [4.69, 9.17) is 4.74 Å². The molecule has 2 atom stereocenters. The van der Waals surface area contributed by atoms with Gasteiger partial charge in [0.15, 0.2) is 5.60 Å². The third kappa shape index (κ3) is 3.25. The van der Waals surface area contributed by atoms with E-state index in [1.165, 1.54) is 36.4 Å². The minimum Gasteiger partial charge on any atom is -0.475 e. The lowest BCUT2D eigenvalue weighted by atomic mass is 9.72. The number of rotatable bonds is 8. The first-order valence-electron chi connectivity index (χ1n) is 7.56. The molecule has 2 aromatic carbocycles. The van der Waals surface area contributed by atoms with Gasteiger partial charge in [0.25, 0.3) is 11.6 Å². The van der Waals surface area contributed by atoms with E-state index in [1.807, 2.05) is 0 Å². The second-order valence-corrected chi connectivity index (χ2v) is 5.45. The Kier molecular flexibility index (Phi) is 5.64. The number of carbonyl (C=O) groups is 4. The second kappa shape index (κ2) is 7.71. The summed E-state index contributed by atoms with van der Waals surface area (Å²) in [6, 6.07) is 15.1. The van der Waals surface area contributed by atoms with E-state index in [-0.39, 0.29) is 11.1 Å². The number of methoxy groups -OCH3 is 1. The Labute approximate surface area is 148 Å². The van der Waals surface area contributed by atoms with E-state index in [0.717, 1.165) is 7.11 Å². The molecule has 7 heteroatoms. The van der Waals surface area contributed by atoms with Crippen molar-refractivity contribution in [3.8, 4) is 0 Å². The Morgan fingerprint density at radius 1 is 0.846 bits per heavy atom. The van der Waals surface area contributed by atoms with E-state index >= 15 is 0 Å². The predicted octanol–water partition coefficient (Wildman–Crippen LogP) is 1.62. The summed E-state index contributed by atoms with van der Waals surface area (Å²) >= 11 is 0. The molecular formula is C19H16O7. The SMILES string of the molecule is COC(C(=O)C(=O)O)(c1ccccc1)C(C(=O)C(=O)O)c1ccccc1. The van der Waals surface area contributed by atoms with Crippen LogP contribution in [0.5, 0.6) is 0 Å². The molecule has 26 heavy (non-hydrogen) atoms. The first-order valence-corrected chi connectivity index (χ1v) is 7.56. The third-order valence-corrected chi connectivity index (χ3v) is 4.07. The van der Waals surface area contributed by atoms with Crippen LogP contribution in [-0.4, -0.2) is 40.8 Å². The maximum atomic E-state index is 12.7. The van der Waals surface area contributed by atoms with Crippen LogP contribution in [0.25, 0.3) is 0 Å². The molecule has 0 spiro atoms. The van der Waals surface area contributed by atoms with Crippen LogP contribution in [0.3, 0.4) is 0 Å². The largest absolute Gasteiger partial charge is 0.475 e. The lowest BCUT2D eigenvalue weighted by Crippen LogP contribution is -2.51. The molecule has 0 aliphatic rings. The molecule has 134 valence electrons. The van der Waals surface area contributed by atoms with Crippen molar-refractivity contribution in [3.63, 3.8) is 0 Å². The monoisotopic (exact) mass is 356 g/mol. The average Bonchev–Trinajstić information content (AvgIpc) is 2.66. The van der Waals surface area contributed by atoms with Gasteiger partial charge in [-0.1, -0.05) is 60.7 Å². The van der Waals surface area contributed by atoms with Crippen LogP contribution >= 0.6 is 0 Å². The first-order chi connectivity index (χ1) is 12.4. The van der Waals surface area contributed by atoms with Crippen LogP contribution in [0.2, 0.25) is 0 Å². The molecule has 2 aromatic rings. The molecule has 2 rings (SSSR count). The highest BCUT2D eigenvalue weighted by Crippen LogP contribution is 2.42. The number of hydrogen-bond donors (Lipinski definition) is 2. The smallest absolute Gasteiger partial charge is 0.375 e. The van der Waals surface area contributed by atoms with Crippen LogP contribution in [0.1, 0.15) is 17.0 Å². The molecular weight excluding hydrogens is 340 g/mol. The van der Waals surface area contributed by atoms with E-state index in [2.05, 4.69) is 0 Å². The van der Waals surface area contributed by atoms with Gasteiger partial charge in [0.2, 0.25) is 0 Å². The number of benzene rings is 2. The van der Waals surface area contributed by atoms with Gasteiger partial charge in [0, 0.05) is 7.11 Å². The number of carbonyl (C=O) groups excluding carboxylic acids is 2. The van der Waals surface area contributed by atoms with E-state index in [9.17, 15) is 29.4 Å². The van der Waals surface area contributed by atoms with Crippen molar-refractivity contribution in [2.75, 3.05) is 7.11 Å². The number of ketones is 2. The number of aliphatic carboxylic acids is 2. The summed E-state index contributed by atoms with van der Waals surface area (Å²) in [5.41, 5.74) is -2.11. The normalized spacial score (nSPS) is 14.0. The maximum absolute atomic E-state index is 12.7. The molecule has 0 saturated heterocycles. The van der Waals surface area contributed by atoms with Crippen molar-refractivity contribution in [1.82, 2.24) is 0 Å². The number of carboxylic acids is 2. The lowest BCUT2D eigenvalue weighted by Gasteiger charge is -2.36. The molecule has 0 heterocycles. The van der Waals surface area contributed by atoms with E-state index in [0.29, 0.717) is 0 Å². The highest BCUT2D eigenvalue weighted by atomic mass is 16.5. The van der Waals surface area contributed by atoms with Gasteiger partial charge in [0.1, 0.15) is 0 Å². The molecule has 0 aliphatic heterocycles. The van der Waals surface area contributed by atoms with Gasteiger partial charge in [-0.25, -0.2) is 9.59 Å². The van der Waals surface area contributed by atoms with Crippen LogP contribution in [0, 0.1) is 0 Å². The summed E-state index contributed by atoms with van der Waals surface area (Å²) in [6.45, 7) is 0. The van der Waals surface area contributed by atoms with Gasteiger partial charge in [-0.05, 0) is 11.1 Å². The number of ether oxygens (including phenoxy) is 1. The Balaban J connectivity index is 2.86. The molecule has 0 radical (unpaired) electrons. The number of Topliss-reactive ketones (excluding diaryl/α,β-unsaturated/α-hetero) is 2. The predicted molar refractivity (Wildman–Crippen MR) is 89.6 cm³/mol. The maximum Gasteiger partial charge on any atom is 0.375 e. The van der Waals surface area contributed by atoms with E-state index < -0.39 is 35.0 Å². The molecule has 0 fully saturated rings. The Bertz CT molecular complexity index is 829. The highest BCUT2D eigenvalue weighted by molar-refractivity contribution is 6.41. The summed E-state index contributed by atoms with van der Waals surface area (Å²) in [6.07, 6.45) is 0. The fourth-order valence-corrected chi connectivity index (χ4v) is 2.94. The lowest BCUT2D eigenvalue weighted by molar-refractivity contribution is -0.168. The molecule has 7 nitrogen and oxygen atoms in total. The second-order valence-electron chi connectivity index (χ2n) is 5.45. The molecule has 2 N–H and O–H groups in total. The van der Waals surface area contributed by atoms with Crippen LogP contribution in [0.15, 0.2) is 60.7 Å². The number of carboxylic acid groups (broad SMARTS) is 2. The van der Waals surface area contributed by atoms with Gasteiger partial charge in [-0.15, -0.1) is 0 Å². The van der Waals surface area contributed by atoms with Gasteiger partial charge < -0.3 is 14.9 Å². The van der Waals surface area contributed by atoms with Crippen LogP contribution in [-0.2, 0) is 29.5 Å². The summed E-state index contributed by atoms with van der Waals surface area (Å²) < 4.78 is 5.32. The van der Waals surface area contributed by atoms with Crippen LogP contribution < -0.4 is 0 Å². The fraction of sp³-hybridized carbons (Fsp3) is 0.158. The molecule has 0 aliphatic carbocycles. The molecule has 2 unspecified atom stereocenters. The van der Waals surface area contributed by atoms with Crippen molar-refractivity contribution in [3.05, 3.63) is 71.8 Å². The molecule has 0 saturated carbocycles. The Morgan fingerprint density at radius 3 is 1.77 bits per heavy atom. The van der Waals surface area contributed by atoms with Gasteiger partial charge in [-0.2, -0.15) is 0 Å². The van der Waals surface area contributed by atoms with Crippen molar-refractivity contribution in [2.45, 2.75) is 11.5 Å². The summed E-state index contributed by atoms with van der Waals surface area (Å²) in [4.78, 5) is 48.1. The molecule has 0 amide bonds. The minimum atomic E-state index is -2.33. The standard InChI is InChI=1S/C19H16O7/c1-26-19(16(21)18(24)25,13-10-6-3-7-11-13)14(15(20)17(22)23)12-8-4-2-5-9-12/h2-11,14H,1H3,(H,22,23)(H,24,25). The summed E-state index contributed by atoms with van der Waals surface area (Å²) in [5, 5.41) is 18.6. The fourth-order valence-electron chi connectivity index (χ4n) is 2.94. The average molecular weight is 356 g/mol. The topological polar surface area (TPSA) is 118 Å². The molecule has 0 bridgehead atoms. The van der Waals surface area contributed by atoms with Crippen LogP contribution in [0.4, 0.5) is 0 Å². The van der Waals surface area contributed by atoms with E-state index in [1.54, 1.807) is 24.3 Å². The van der Waals surface area contributed by atoms with Gasteiger partial charge >= 0.3 is 11.9 Å². The third-order valence-electron chi connectivity index (χ3n) is 4.07.